The predicted molar refractivity (Wildman–Crippen MR) is 136 cm³/mol. The number of anilines is 1. The van der Waals surface area contributed by atoms with Gasteiger partial charge in [0, 0.05) is 17.3 Å². The first-order valence-corrected chi connectivity index (χ1v) is 11.6. The van der Waals surface area contributed by atoms with Crippen LogP contribution < -0.4 is 24.8 Å². The van der Waals surface area contributed by atoms with E-state index >= 15 is 0 Å². The highest BCUT2D eigenvalue weighted by Gasteiger charge is 2.14. The van der Waals surface area contributed by atoms with Gasteiger partial charge < -0.3 is 30.0 Å². The minimum atomic E-state index is -0.274. The molecule has 0 aromatic heterocycles. The van der Waals surface area contributed by atoms with E-state index < -0.39 is 0 Å². The van der Waals surface area contributed by atoms with Crippen molar-refractivity contribution in [3.05, 3.63) is 83.9 Å². The Morgan fingerprint density at radius 3 is 2.57 bits per heavy atom. The first kappa shape index (κ1) is 24.2. The molecule has 182 valence electrons. The van der Waals surface area contributed by atoms with Crippen molar-refractivity contribution in [2.24, 2.45) is 0 Å². The normalized spacial score (nSPS) is 14.0. The number of carbonyl (C=O) groups excluding carboxylic acids is 1. The fourth-order valence-electron chi connectivity index (χ4n) is 3.79. The van der Waals surface area contributed by atoms with E-state index in [-0.39, 0.29) is 17.8 Å². The Bertz CT molecular complexity index is 1150. The summed E-state index contributed by atoms with van der Waals surface area (Å²) < 4.78 is 17.1. The lowest BCUT2D eigenvalue weighted by atomic mass is 10.1. The topological polar surface area (TPSA) is 89.1 Å². The van der Waals surface area contributed by atoms with Crippen LogP contribution in [0.4, 0.5) is 5.69 Å². The number of hydrogen-bond acceptors (Lipinski definition) is 6. The van der Waals surface area contributed by atoms with Crippen LogP contribution in [0.25, 0.3) is 6.08 Å². The molecule has 0 spiro atoms. The number of phenols is 1. The third-order valence-corrected chi connectivity index (χ3v) is 5.71. The molecule has 0 bridgehead atoms. The van der Waals surface area contributed by atoms with E-state index in [2.05, 4.69) is 10.6 Å². The van der Waals surface area contributed by atoms with E-state index in [1.54, 1.807) is 18.2 Å². The van der Waals surface area contributed by atoms with Gasteiger partial charge >= 0.3 is 0 Å². The van der Waals surface area contributed by atoms with E-state index in [1.807, 2.05) is 48.5 Å². The Morgan fingerprint density at radius 1 is 1.06 bits per heavy atom. The van der Waals surface area contributed by atoms with Crippen molar-refractivity contribution in [2.45, 2.75) is 25.6 Å². The molecule has 0 atom stereocenters. The molecule has 1 amide bonds. The number of para-hydroxylation sites is 1. The van der Waals surface area contributed by atoms with Crippen LogP contribution in [-0.4, -0.2) is 37.3 Å². The lowest BCUT2D eigenvalue weighted by Gasteiger charge is -2.23. The van der Waals surface area contributed by atoms with Crippen LogP contribution in [0.5, 0.6) is 23.0 Å². The molecule has 1 fully saturated rings. The number of nitrogens with one attached hydrogen (secondary N) is 2. The Kier molecular flexibility index (Phi) is 8.25. The molecule has 0 saturated carbocycles. The van der Waals surface area contributed by atoms with E-state index in [1.165, 1.54) is 19.3 Å². The summed E-state index contributed by atoms with van der Waals surface area (Å²) >= 11 is 0. The summed E-state index contributed by atoms with van der Waals surface area (Å²) in [6, 6.07) is 20.0. The zero-order valence-electron chi connectivity index (χ0n) is 19.7. The fourth-order valence-corrected chi connectivity index (χ4v) is 3.79. The Balaban J connectivity index is 1.32. The zero-order valence-corrected chi connectivity index (χ0v) is 19.7. The number of amides is 1. The highest BCUT2D eigenvalue weighted by atomic mass is 16.5. The van der Waals surface area contributed by atoms with Gasteiger partial charge in [0.05, 0.1) is 7.11 Å². The lowest BCUT2D eigenvalue weighted by Crippen LogP contribution is -2.34. The van der Waals surface area contributed by atoms with E-state index in [9.17, 15) is 9.90 Å². The second-order valence-electron chi connectivity index (χ2n) is 8.24. The molecule has 0 aliphatic carbocycles. The van der Waals surface area contributed by atoms with Crippen molar-refractivity contribution in [2.75, 3.05) is 25.5 Å². The van der Waals surface area contributed by atoms with Crippen LogP contribution in [0.15, 0.2) is 72.8 Å². The van der Waals surface area contributed by atoms with Crippen molar-refractivity contribution in [1.82, 2.24) is 5.32 Å². The average molecular weight is 475 g/mol. The van der Waals surface area contributed by atoms with Crippen LogP contribution in [0, 0.1) is 0 Å². The minimum Gasteiger partial charge on any atom is -0.504 e. The lowest BCUT2D eigenvalue weighted by molar-refractivity contribution is -0.111. The van der Waals surface area contributed by atoms with Gasteiger partial charge in [-0.3, -0.25) is 4.79 Å². The highest BCUT2D eigenvalue weighted by molar-refractivity contribution is 6.02. The van der Waals surface area contributed by atoms with E-state index in [0.29, 0.717) is 18.0 Å². The summed E-state index contributed by atoms with van der Waals surface area (Å²) in [7, 11) is 1.48. The molecule has 1 aliphatic rings. The van der Waals surface area contributed by atoms with Gasteiger partial charge in [-0.05, 0) is 80.0 Å². The molecule has 1 heterocycles. The van der Waals surface area contributed by atoms with Crippen LogP contribution in [0.2, 0.25) is 0 Å². The van der Waals surface area contributed by atoms with Crippen molar-refractivity contribution < 1.29 is 24.1 Å². The Morgan fingerprint density at radius 2 is 1.80 bits per heavy atom. The molecule has 1 aliphatic heterocycles. The summed E-state index contributed by atoms with van der Waals surface area (Å²) in [5, 5.41) is 15.9. The second-order valence-corrected chi connectivity index (χ2v) is 8.24. The highest BCUT2D eigenvalue weighted by Crippen LogP contribution is 2.27. The van der Waals surface area contributed by atoms with Crippen molar-refractivity contribution in [1.29, 1.82) is 0 Å². The Hall–Kier alpha value is -3.97. The molecule has 3 aromatic carbocycles. The van der Waals surface area contributed by atoms with Crippen LogP contribution in [0.1, 0.15) is 24.0 Å². The monoisotopic (exact) mass is 474 g/mol. The van der Waals surface area contributed by atoms with Crippen molar-refractivity contribution in [3.8, 4) is 23.0 Å². The maximum Gasteiger partial charge on any atom is 0.248 e. The minimum absolute atomic E-state index is 0.0481. The molecule has 1 saturated heterocycles. The van der Waals surface area contributed by atoms with Crippen LogP contribution in [0.3, 0.4) is 0 Å². The molecule has 3 aromatic rings. The second kappa shape index (κ2) is 11.9. The number of piperidine rings is 1. The summed E-state index contributed by atoms with van der Waals surface area (Å²) in [5.41, 5.74) is 2.27. The molecule has 0 radical (unpaired) electrons. The van der Waals surface area contributed by atoms with Crippen molar-refractivity contribution in [3.63, 3.8) is 0 Å². The number of methoxy groups -OCH3 is 1. The van der Waals surface area contributed by atoms with Gasteiger partial charge in [0.2, 0.25) is 5.91 Å². The fraction of sp³-hybridized carbons (Fsp3) is 0.250. The van der Waals surface area contributed by atoms with Gasteiger partial charge in [-0.1, -0.05) is 24.3 Å². The maximum absolute atomic E-state index is 12.5. The summed E-state index contributed by atoms with van der Waals surface area (Å²) in [6.45, 7) is 2.29. The number of carbonyl (C=O) groups is 1. The van der Waals surface area contributed by atoms with Crippen LogP contribution in [-0.2, 0) is 11.4 Å². The predicted octanol–water partition coefficient (Wildman–Crippen LogP) is 4.76. The first-order valence-electron chi connectivity index (χ1n) is 11.6. The van der Waals surface area contributed by atoms with E-state index in [0.717, 1.165) is 48.6 Å². The smallest absolute Gasteiger partial charge is 0.248 e. The molecule has 7 nitrogen and oxygen atoms in total. The number of hydrogen-bond donors (Lipinski definition) is 3. The third-order valence-electron chi connectivity index (χ3n) is 5.71. The number of rotatable bonds is 9. The average Bonchev–Trinajstić information content (AvgIpc) is 2.89. The van der Waals surface area contributed by atoms with Gasteiger partial charge in [-0.2, -0.15) is 0 Å². The number of phenolic OH excluding ortho intramolecular Hbond substituents is 1. The SMILES string of the molecule is COc1cc(C=CC(=O)Nc2ccccc2COc2ccc(OC3CCNCC3)cc2)ccc1O. The maximum atomic E-state index is 12.5. The first-order chi connectivity index (χ1) is 17.1. The van der Waals surface area contributed by atoms with E-state index in [4.69, 9.17) is 14.2 Å². The van der Waals surface area contributed by atoms with Gasteiger partial charge in [-0.15, -0.1) is 0 Å². The summed E-state index contributed by atoms with van der Waals surface area (Å²) in [5.74, 6) is 1.69. The van der Waals surface area contributed by atoms with Crippen molar-refractivity contribution >= 4 is 17.7 Å². The third kappa shape index (κ3) is 7.01. The molecule has 0 unspecified atom stereocenters. The number of aromatic hydroxyl groups is 1. The zero-order chi connectivity index (χ0) is 24.5. The largest absolute Gasteiger partial charge is 0.504 e. The standard InChI is InChI=1S/C28H30N2O5/c1-33-27-18-20(6-12-26(27)31)7-13-28(32)30-25-5-3-2-4-21(25)19-34-22-8-10-23(11-9-22)35-24-14-16-29-17-15-24/h2-13,18,24,29,31H,14-17,19H2,1H3,(H,30,32). The van der Waals surface area contributed by atoms with Crippen LogP contribution >= 0.6 is 0 Å². The molecule has 4 rings (SSSR count). The molecule has 3 N–H and O–H groups in total. The molecular formula is C28H30N2O5. The summed E-state index contributed by atoms with van der Waals surface area (Å²) in [6.07, 6.45) is 5.37. The van der Waals surface area contributed by atoms with Gasteiger partial charge in [-0.25, -0.2) is 0 Å². The quantitative estimate of drug-likeness (QED) is 0.388. The van der Waals surface area contributed by atoms with Gasteiger partial charge in [0.1, 0.15) is 24.2 Å². The number of benzene rings is 3. The van der Waals surface area contributed by atoms with Gasteiger partial charge in [0.15, 0.2) is 11.5 Å². The Labute approximate surface area is 205 Å². The molecular weight excluding hydrogens is 444 g/mol. The van der Waals surface area contributed by atoms with Gasteiger partial charge in [0.25, 0.3) is 0 Å². The molecule has 7 heteroatoms. The number of ether oxygens (including phenoxy) is 3. The summed E-state index contributed by atoms with van der Waals surface area (Å²) in [4.78, 5) is 12.5. The molecule has 35 heavy (non-hydrogen) atoms.